The molecule has 114 valence electrons. The van der Waals surface area contributed by atoms with Gasteiger partial charge in [0.15, 0.2) is 0 Å². The fourth-order valence-electron chi connectivity index (χ4n) is 2.38. The van der Waals surface area contributed by atoms with E-state index < -0.39 is 29.9 Å². The Morgan fingerprint density at radius 3 is 2.50 bits per heavy atom. The number of hydrogen-bond acceptors (Lipinski definition) is 3. The lowest BCUT2D eigenvalue weighted by Crippen LogP contribution is -2.54. The van der Waals surface area contributed by atoms with Gasteiger partial charge in [-0.25, -0.2) is 4.79 Å². The molecule has 2 unspecified atom stereocenters. The number of nitrogens with two attached hydrogens (primary N) is 1. The second kappa shape index (κ2) is 7.12. The van der Waals surface area contributed by atoms with E-state index in [4.69, 9.17) is 10.8 Å². The van der Waals surface area contributed by atoms with Gasteiger partial charge < -0.3 is 21.1 Å². The molecule has 7 heteroatoms. The van der Waals surface area contributed by atoms with Crippen LogP contribution in [-0.4, -0.2) is 47.0 Å². The molecular weight excluding hydrogens is 262 g/mol. The molecule has 4 N–H and O–H groups in total. The second-order valence-electron chi connectivity index (χ2n) is 5.48. The molecule has 0 radical (unpaired) electrons. The molecule has 1 heterocycles. The normalized spacial score (nSPS) is 20.6. The molecule has 1 aliphatic rings. The fraction of sp³-hybridized carbons (Fsp3) is 0.769. The van der Waals surface area contributed by atoms with Crippen molar-refractivity contribution in [2.45, 2.75) is 39.2 Å². The van der Waals surface area contributed by atoms with Gasteiger partial charge in [-0.1, -0.05) is 13.8 Å². The fourth-order valence-corrected chi connectivity index (χ4v) is 2.38. The number of carbonyl (C=O) groups is 3. The number of aliphatic carboxylic acids is 1. The molecule has 20 heavy (non-hydrogen) atoms. The summed E-state index contributed by atoms with van der Waals surface area (Å²) in [5.74, 6) is -2.18. The summed E-state index contributed by atoms with van der Waals surface area (Å²) in [5, 5.41) is 11.7. The van der Waals surface area contributed by atoms with Gasteiger partial charge in [-0.15, -0.1) is 0 Å². The van der Waals surface area contributed by atoms with Crippen LogP contribution in [0.4, 0.5) is 4.79 Å². The van der Waals surface area contributed by atoms with E-state index >= 15 is 0 Å². The summed E-state index contributed by atoms with van der Waals surface area (Å²) in [7, 11) is 0. The minimum Gasteiger partial charge on any atom is -0.481 e. The highest BCUT2D eigenvalue weighted by Gasteiger charge is 2.31. The zero-order chi connectivity index (χ0) is 15.3. The number of likely N-dealkylation sites (tertiary alicyclic amines) is 1. The molecule has 1 saturated heterocycles. The highest BCUT2D eigenvalue weighted by molar-refractivity contribution is 5.86. The lowest BCUT2D eigenvalue weighted by molar-refractivity contribution is -0.143. The van der Waals surface area contributed by atoms with Crippen molar-refractivity contribution >= 4 is 17.9 Å². The van der Waals surface area contributed by atoms with Crippen LogP contribution in [0.5, 0.6) is 0 Å². The Morgan fingerprint density at radius 2 is 2.00 bits per heavy atom. The Bertz CT molecular complexity index is 384. The van der Waals surface area contributed by atoms with Crippen molar-refractivity contribution in [2.24, 2.45) is 17.6 Å². The van der Waals surface area contributed by atoms with E-state index in [1.54, 1.807) is 13.8 Å². The van der Waals surface area contributed by atoms with Gasteiger partial charge in [-0.2, -0.15) is 0 Å². The molecule has 2 atom stereocenters. The van der Waals surface area contributed by atoms with Crippen LogP contribution in [0.15, 0.2) is 0 Å². The first-order chi connectivity index (χ1) is 9.34. The van der Waals surface area contributed by atoms with Crippen LogP contribution < -0.4 is 11.1 Å². The van der Waals surface area contributed by atoms with E-state index in [0.29, 0.717) is 13.0 Å². The molecule has 7 nitrogen and oxygen atoms in total. The number of primary amides is 1. The van der Waals surface area contributed by atoms with Gasteiger partial charge >= 0.3 is 12.0 Å². The first kappa shape index (κ1) is 16.3. The van der Waals surface area contributed by atoms with Crippen LogP contribution in [0.3, 0.4) is 0 Å². The van der Waals surface area contributed by atoms with E-state index in [-0.39, 0.29) is 12.5 Å². The Labute approximate surface area is 118 Å². The Balaban J connectivity index is 2.60. The van der Waals surface area contributed by atoms with Gasteiger partial charge in [-0.3, -0.25) is 9.59 Å². The molecule has 3 amide bonds. The van der Waals surface area contributed by atoms with Crippen molar-refractivity contribution in [3.05, 3.63) is 0 Å². The molecule has 0 aromatic carbocycles. The number of urea groups is 1. The number of carbonyl (C=O) groups excluding carboxylic acids is 2. The lowest BCUT2D eigenvalue weighted by Gasteiger charge is -2.34. The molecule has 0 bridgehead atoms. The van der Waals surface area contributed by atoms with Gasteiger partial charge in [0.2, 0.25) is 5.91 Å². The van der Waals surface area contributed by atoms with Crippen LogP contribution in [0.1, 0.15) is 33.1 Å². The standard InChI is InChI=1S/C13H23N3O4/c1-8(2)9(12(18)19)7-15-13(20)16-6-4-3-5-10(16)11(14)17/h8-10H,3-7H2,1-2H3,(H2,14,17)(H,15,20)(H,18,19). The van der Waals surface area contributed by atoms with Crippen LogP contribution in [0.25, 0.3) is 0 Å². The maximum absolute atomic E-state index is 12.1. The van der Waals surface area contributed by atoms with Gasteiger partial charge in [0.1, 0.15) is 6.04 Å². The third-order valence-electron chi connectivity index (χ3n) is 3.69. The predicted molar refractivity (Wildman–Crippen MR) is 72.9 cm³/mol. The van der Waals surface area contributed by atoms with E-state index in [2.05, 4.69) is 5.32 Å². The van der Waals surface area contributed by atoms with Crippen LogP contribution in [0.2, 0.25) is 0 Å². The third kappa shape index (κ3) is 4.11. The average molecular weight is 285 g/mol. The number of hydrogen-bond donors (Lipinski definition) is 3. The summed E-state index contributed by atoms with van der Waals surface area (Å²) < 4.78 is 0. The summed E-state index contributed by atoms with van der Waals surface area (Å²) in [4.78, 5) is 35.9. The van der Waals surface area contributed by atoms with Crippen molar-refractivity contribution in [2.75, 3.05) is 13.1 Å². The Kier molecular flexibility index (Phi) is 5.79. The summed E-state index contributed by atoms with van der Waals surface area (Å²) in [6.07, 6.45) is 2.25. The molecule has 0 spiro atoms. The molecule has 0 aromatic heterocycles. The third-order valence-corrected chi connectivity index (χ3v) is 3.69. The first-order valence-electron chi connectivity index (χ1n) is 6.91. The number of carboxylic acids is 1. The zero-order valence-electron chi connectivity index (χ0n) is 12.0. The number of carboxylic acid groups (broad SMARTS) is 1. The monoisotopic (exact) mass is 285 g/mol. The maximum atomic E-state index is 12.1. The van der Waals surface area contributed by atoms with Crippen LogP contribution >= 0.6 is 0 Å². The molecule has 0 aliphatic carbocycles. The summed E-state index contributed by atoms with van der Waals surface area (Å²) in [6.45, 7) is 4.10. The van der Waals surface area contributed by atoms with Crippen LogP contribution in [0, 0.1) is 11.8 Å². The summed E-state index contributed by atoms with van der Waals surface area (Å²) in [5.41, 5.74) is 5.29. The Hall–Kier alpha value is -1.79. The van der Waals surface area contributed by atoms with Gasteiger partial charge in [-0.05, 0) is 25.2 Å². The topological polar surface area (TPSA) is 113 Å². The van der Waals surface area contributed by atoms with Crippen molar-refractivity contribution in [3.8, 4) is 0 Å². The van der Waals surface area contributed by atoms with Gasteiger partial charge in [0.05, 0.1) is 5.92 Å². The molecule has 1 aliphatic heterocycles. The van der Waals surface area contributed by atoms with Crippen molar-refractivity contribution in [1.29, 1.82) is 0 Å². The van der Waals surface area contributed by atoms with E-state index in [1.165, 1.54) is 4.90 Å². The number of nitrogens with one attached hydrogen (secondary N) is 1. The minimum absolute atomic E-state index is 0.0494. The smallest absolute Gasteiger partial charge is 0.318 e. The van der Waals surface area contributed by atoms with Crippen molar-refractivity contribution in [3.63, 3.8) is 0 Å². The number of piperidine rings is 1. The van der Waals surface area contributed by atoms with Crippen molar-refractivity contribution in [1.82, 2.24) is 10.2 Å². The van der Waals surface area contributed by atoms with E-state index in [1.807, 2.05) is 0 Å². The first-order valence-corrected chi connectivity index (χ1v) is 6.91. The highest BCUT2D eigenvalue weighted by atomic mass is 16.4. The molecular formula is C13H23N3O4. The van der Waals surface area contributed by atoms with Crippen LogP contribution in [-0.2, 0) is 9.59 Å². The van der Waals surface area contributed by atoms with Gasteiger partial charge in [0, 0.05) is 13.1 Å². The minimum atomic E-state index is -0.939. The molecule has 1 rings (SSSR count). The zero-order valence-corrected chi connectivity index (χ0v) is 12.0. The van der Waals surface area contributed by atoms with E-state index in [9.17, 15) is 14.4 Å². The largest absolute Gasteiger partial charge is 0.481 e. The molecule has 1 fully saturated rings. The molecule has 0 saturated carbocycles. The highest BCUT2D eigenvalue weighted by Crippen LogP contribution is 2.17. The van der Waals surface area contributed by atoms with E-state index in [0.717, 1.165) is 12.8 Å². The maximum Gasteiger partial charge on any atom is 0.318 e. The predicted octanol–water partition coefficient (Wildman–Crippen LogP) is 0.393. The number of amides is 3. The lowest BCUT2D eigenvalue weighted by atomic mass is 9.96. The second-order valence-corrected chi connectivity index (χ2v) is 5.48. The quantitative estimate of drug-likeness (QED) is 0.678. The summed E-state index contributed by atoms with van der Waals surface area (Å²) in [6, 6.07) is -1.01. The van der Waals surface area contributed by atoms with Gasteiger partial charge in [0.25, 0.3) is 0 Å². The average Bonchev–Trinajstić information content (AvgIpc) is 2.37. The SMILES string of the molecule is CC(C)C(CNC(=O)N1CCCCC1C(N)=O)C(=O)O. The number of rotatable bonds is 5. The number of nitrogens with zero attached hydrogens (tertiary/aromatic N) is 1. The Morgan fingerprint density at radius 1 is 1.35 bits per heavy atom. The summed E-state index contributed by atoms with van der Waals surface area (Å²) >= 11 is 0. The molecule has 0 aromatic rings. The van der Waals surface area contributed by atoms with Crippen molar-refractivity contribution < 1.29 is 19.5 Å².